The van der Waals surface area contributed by atoms with Crippen molar-refractivity contribution in [2.75, 3.05) is 30.8 Å². The highest BCUT2D eigenvalue weighted by Crippen LogP contribution is 2.30. The lowest BCUT2D eigenvalue weighted by Crippen LogP contribution is -2.38. The Bertz CT molecular complexity index is 867. The number of nitrogens with one attached hydrogen (secondary N) is 1. The molecule has 2 rings (SSSR count). The van der Waals surface area contributed by atoms with Gasteiger partial charge in [-0.05, 0) is 36.6 Å². The highest BCUT2D eigenvalue weighted by atomic mass is 32.2. The quantitative estimate of drug-likeness (QED) is 0.714. The number of sulfonamides is 1. The average molecular weight is 391 g/mol. The first-order valence-corrected chi connectivity index (χ1v) is 10.6. The molecule has 0 spiro atoms. The van der Waals surface area contributed by atoms with Gasteiger partial charge in [-0.15, -0.1) is 0 Å². The number of carbonyl (C=O) groups is 1. The fraction of sp³-hybridized carbons (Fsp3) is 0.350. The summed E-state index contributed by atoms with van der Waals surface area (Å²) in [5, 5.41) is 2.79. The summed E-state index contributed by atoms with van der Waals surface area (Å²) in [6.45, 7) is 2.24. The summed E-state index contributed by atoms with van der Waals surface area (Å²) in [6.07, 6.45) is 2.15. The fourth-order valence-electron chi connectivity index (χ4n) is 2.75. The molecule has 0 aliphatic rings. The average Bonchev–Trinajstić information content (AvgIpc) is 2.63. The van der Waals surface area contributed by atoms with E-state index < -0.39 is 10.0 Å². The van der Waals surface area contributed by atoms with Crippen LogP contribution < -0.4 is 14.4 Å². The van der Waals surface area contributed by atoms with Crippen LogP contribution in [0.1, 0.15) is 17.5 Å². The predicted octanol–water partition coefficient (Wildman–Crippen LogP) is 2.52. The Labute approximate surface area is 161 Å². The minimum absolute atomic E-state index is 0.108. The topological polar surface area (TPSA) is 75.7 Å². The summed E-state index contributed by atoms with van der Waals surface area (Å²) in [4.78, 5) is 12.1. The molecule has 0 radical (unpaired) electrons. The van der Waals surface area contributed by atoms with Crippen LogP contribution >= 0.6 is 0 Å². The summed E-state index contributed by atoms with van der Waals surface area (Å²) in [7, 11) is -2.02. The Kier molecular flexibility index (Phi) is 7.24. The molecule has 0 unspecified atom stereocenters. The zero-order valence-electron chi connectivity index (χ0n) is 15.9. The van der Waals surface area contributed by atoms with Gasteiger partial charge in [0.15, 0.2) is 0 Å². The smallest absolute Gasteiger partial charge is 0.232 e. The van der Waals surface area contributed by atoms with E-state index in [-0.39, 0.29) is 19.0 Å². The molecule has 0 aromatic heterocycles. The van der Waals surface area contributed by atoms with Crippen LogP contribution in [0.15, 0.2) is 48.5 Å². The first-order chi connectivity index (χ1) is 12.8. The number of carbonyl (C=O) groups excluding carboxylic acids is 1. The largest absolute Gasteiger partial charge is 0.495 e. The minimum Gasteiger partial charge on any atom is -0.495 e. The first-order valence-electron chi connectivity index (χ1n) is 8.74. The maximum atomic E-state index is 12.3. The Balaban J connectivity index is 1.98. The minimum atomic E-state index is -3.52. The zero-order chi connectivity index (χ0) is 19.9. The fourth-order valence-corrected chi connectivity index (χ4v) is 3.67. The van der Waals surface area contributed by atoms with Crippen LogP contribution in [0.3, 0.4) is 0 Å². The molecular formula is C20H26N2O4S. The molecule has 2 aromatic rings. The van der Waals surface area contributed by atoms with Crippen molar-refractivity contribution in [1.82, 2.24) is 5.32 Å². The SMILES string of the molecule is COc1ccc(C)cc1N(CCNC(=O)CCc1ccccc1)S(C)(=O)=O. The van der Waals surface area contributed by atoms with Crippen LogP contribution in [-0.4, -0.2) is 40.8 Å². The van der Waals surface area contributed by atoms with Crippen LogP contribution in [-0.2, 0) is 21.2 Å². The van der Waals surface area contributed by atoms with E-state index in [1.165, 1.54) is 11.4 Å². The molecule has 0 fully saturated rings. The Hall–Kier alpha value is -2.54. The van der Waals surface area contributed by atoms with Crippen molar-refractivity contribution in [2.24, 2.45) is 0 Å². The molecule has 6 nitrogen and oxygen atoms in total. The number of rotatable bonds is 9. The normalized spacial score (nSPS) is 11.1. The lowest BCUT2D eigenvalue weighted by atomic mass is 10.1. The van der Waals surface area contributed by atoms with E-state index in [9.17, 15) is 13.2 Å². The Morgan fingerprint density at radius 1 is 1.15 bits per heavy atom. The van der Waals surface area contributed by atoms with Crippen LogP contribution in [0.25, 0.3) is 0 Å². The molecule has 0 atom stereocenters. The van der Waals surface area contributed by atoms with Gasteiger partial charge in [-0.2, -0.15) is 0 Å². The second-order valence-corrected chi connectivity index (χ2v) is 8.25. The van der Waals surface area contributed by atoms with Crippen molar-refractivity contribution in [3.05, 3.63) is 59.7 Å². The number of hydrogen-bond donors (Lipinski definition) is 1. The molecule has 2 aromatic carbocycles. The third kappa shape index (κ3) is 6.29. The van der Waals surface area contributed by atoms with E-state index in [0.29, 0.717) is 24.3 Å². The Morgan fingerprint density at radius 3 is 2.48 bits per heavy atom. The molecule has 146 valence electrons. The standard InChI is InChI=1S/C20H26N2O4S/c1-16-9-11-19(26-2)18(15-16)22(27(3,24)25)14-13-21-20(23)12-10-17-7-5-4-6-8-17/h4-9,11,15H,10,12-14H2,1-3H3,(H,21,23). The molecular weight excluding hydrogens is 364 g/mol. The van der Waals surface area contributed by atoms with Crippen LogP contribution in [0.4, 0.5) is 5.69 Å². The molecule has 27 heavy (non-hydrogen) atoms. The van der Waals surface area contributed by atoms with Gasteiger partial charge in [0.05, 0.1) is 25.6 Å². The summed E-state index contributed by atoms with van der Waals surface area (Å²) >= 11 is 0. The van der Waals surface area contributed by atoms with E-state index in [1.807, 2.05) is 43.3 Å². The Morgan fingerprint density at radius 2 is 1.85 bits per heavy atom. The predicted molar refractivity (Wildman–Crippen MR) is 108 cm³/mol. The van der Waals surface area contributed by atoms with Crippen molar-refractivity contribution in [3.8, 4) is 5.75 Å². The number of benzene rings is 2. The second kappa shape index (κ2) is 9.41. The van der Waals surface area contributed by atoms with E-state index in [2.05, 4.69) is 5.32 Å². The molecule has 1 N–H and O–H groups in total. The zero-order valence-corrected chi connectivity index (χ0v) is 16.8. The van der Waals surface area contributed by atoms with Crippen molar-refractivity contribution < 1.29 is 17.9 Å². The molecule has 0 saturated heterocycles. The van der Waals surface area contributed by atoms with Gasteiger partial charge in [-0.3, -0.25) is 9.10 Å². The molecule has 0 heterocycles. The summed E-state index contributed by atoms with van der Waals surface area (Å²) < 4.78 is 31.1. The van der Waals surface area contributed by atoms with Gasteiger partial charge in [0.1, 0.15) is 5.75 Å². The number of amides is 1. The first kappa shape index (κ1) is 20.8. The monoisotopic (exact) mass is 390 g/mol. The third-order valence-corrected chi connectivity index (χ3v) is 5.30. The number of ether oxygens (including phenoxy) is 1. The maximum absolute atomic E-state index is 12.3. The van der Waals surface area contributed by atoms with Crippen molar-refractivity contribution in [2.45, 2.75) is 19.8 Å². The van der Waals surface area contributed by atoms with E-state index in [4.69, 9.17) is 4.74 Å². The summed E-state index contributed by atoms with van der Waals surface area (Å²) in [5.74, 6) is 0.366. The van der Waals surface area contributed by atoms with Gasteiger partial charge in [-0.1, -0.05) is 36.4 Å². The van der Waals surface area contributed by atoms with Gasteiger partial charge < -0.3 is 10.1 Å². The number of nitrogens with zero attached hydrogens (tertiary/aromatic N) is 1. The van der Waals surface area contributed by atoms with Crippen LogP contribution in [0.2, 0.25) is 0 Å². The lowest BCUT2D eigenvalue weighted by Gasteiger charge is -2.24. The van der Waals surface area contributed by atoms with Crippen molar-refractivity contribution in [3.63, 3.8) is 0 Å². The molecule has 0 saturated carbocycles. The number of hydrogen-bond acceptors (Lipinski definition) is 4. The summed E-state index contributed by atoms with van der Waals surface area (Å²) in [6, 6.07) is 15.1. The van der Waals surface area contributed by atoms with E-state index in [0.717, 1.165) is 17.4 Å². The van der Waals surface area contributed by atoms with E-state index >= 15 is 0 Å². The van der Waals surface area contributed by atoms with E-state index in [1.54, 1.807) is 12.1 Å². The number of anilines is 1. The van der Waals surface area contributed by atoms with Gasteiger partial charge in [0, 0.05) is 13.0 Å². The highest BCUT2D eigenvalue weighted by molar-refractivity contribution is 7.92. The molecule has 7 heteroatoms. The maximum Gasteiger partial charge on any atom is 0.232 e. The molecule has 0 aliphatic carbocycles. The third-order valence-electron chi connectivity index (χ3n) is 4.12. The van der Waals surface area contributed by atoms with Gasteiger partial charge >= 0.3 is 0 Å². The highest BCUT2D eigenvalue weighted by Gasteiger charge is 2.21. The van der Waals surface area contributed by atoms with Crippen molar-refractivity contribution in [1.29, 1.82) is 0 Å². The number of aryl methyl sites for hydroxylation is 2. The summed E-state index contributed by atoms with van der Waals surface area (Å²) in [5.41, 5.74) is 2.49. The van der Waals surface area contributed by atoms with Crippen LogP contribution in [0.5, 0.6) is 5.75 Å². The van der Waals surface area contributed by atoms with Crippen molar-refractivity contribution >= 4 is 21.6 Å². The lowest BCUT2D eigenvalue weighted by molar-refractivity contribution is -0.120. The second-order valence-electron chi connectivity index (χ2n) is 6.35. The molecule has 0 bridgehead atoms. The molecule has 0 aliphatic heterocycles. The van der Waals surface area contributed by atoms with Gasteiger partial charge in [0.25, 0.3) is 0 Å². The molecule has 1 amide bonds. The van der Waals surface area contributed by atoms with Crippen LogP contribution in [0, 0.1) is 6.92 Å². The number of methoxy groups -OCH3 is 1. The van der Waals surface area contributed by atoms with Gasteiger partial charge in [-0.25, -0.2) is 8.42 Å². The van der Waals surface area contributed by atoms with Gasteiger partial charge in [0.2, 0.25) is 15.9 Å².